The third kappa shape index (κ3) is 3.79. The number of benzene rings is 1. The quantitative estimate of drug-likeness (QED) is 0.785. The van der Waals surface area contributed by atoms with Gasteiger partial charge in [-0.1, -0.05) is 37.1 Å². The van der Waals surface area contributed by atoms with Crippen LogP contribution in [0.2, 0.25) is 5.02 Å². The van der Waals surface area contributed by atoms with Crippen LogP contribution in [0.25, 0.3) is 11.4 Å². The van der Waals surface area contributed by atoms with Gasteiger partial charge in [-0.3, -0.25) is 0 Å². The van der Waals surface area contributed by atoms with E-state index in [1.54, 1.807) is 19.1 Å². The summed E-state index contributed by atoms with van der Waals surface area (Å²) in [5.41, 5.74) is 1.97. The van der Waals surface area contributed by atoms with Crippen LogP contribution in [0.15, 0.2) is 30.5 Å². The number of hydrogen-bond donors (Lipinski definition) is 0. The predicted molar refractivity (Wildman–Crippen MR) is 82.4 cm³/mol. The Balaban J connectivity index is 2.42. The Morgan fingerprint density at radius 3 is 2.81 bits per heavy atom. The fourth-order valence-corrected chi connectivity index (χ4v) is 2.18. The maximum absolute atomic E-state index is 11.9. The van der Waals surface area contributed by atoms with Crippen LogP contribution in [0, 0.1) is 0 Å². The van der Waals surface area contributed by atoms with Gasteiger partial charge in [0.1, 0.15) is 0 Å². The first-order valence-corrected chi connectivity index (χ1v) is 7.32. The number of aryl methyl sites for hydroxylation is 1. The van der Waals surface area contributed by atoms with E-state index in [0.717, 1.165) is 12.0 Å². The molecule has 0 N–H and O–H groups in total. The minimum absolute atomic E-state index is 0.334. The molecule has 1 heterocycles. The first-order chi connectivity index (χ1) is 10.2. The van der Waals surface area contributed by atoms with E-state index in [-0.39, 0.29) is 5.97 Å². The Morgan fingerprint density at radius 2 is 2.14 bits per heavy atom. The molecule has 0 saturated carbocycles. The minimum Gasteiger partial charge on any atom is -0.462 e. The lowest BCUT2D eigenvalue weighted by atomic mass is 10.1. The van der Waals surface area contributed by atoms with Gasteiger partial charge < -0.3 is 4.74 Å². The lowest BCUT2D eigenvalue weighted by molar-refractivity contribution is 0.0524. The largest absolute Gasteiger partial charge is 0.462 e. The maximum Gasteiger partial charge on any atom is 0.341 e. The lowest BCUT2D eigenvalue weighted by Crippen LogP contribution is -2.11. The van der Waals surface area contributed by atoms with Crippen LogP contribution in [0.4, 0.5) is 0 Å². The lowest BCUT2D eigenvalue weighted by Gasteiger charge is -2.09. The Hall–Kier alpha value is -1.94. The number of hydrogen-bond acceptors (Lipinski definition) is 4. The van der Waals surface area contributed by atoms with Crippen molar-refractivity contribution in [3.05, 3.63) is 46.7 Å². The van der Waals surface area contributed by atoms with Crippen molar-refractivity contribution in [2.75, 3.05) is 6.61 Å². The van der Waals surface area contributed by atoms with E-state index in [9.17, 15) is 4.79 Å². The fourth-order valence-electron chi connectivity index (χ4n) is 1.99. The normalized spacial score (nSPS) is 10.4. The van der Waals surface area contributed by atoms with Gasteiger partial charge in [-0.05, 0) is 25.5 Å². The van der Waals surface area contributed by atoms with Crippen molar-refractivity contribution >= 4 is 17.6 Å². The minimum atomic E-state index is -0.376. The third-order valence-electron chi connectivity index (χ3n) is 2.93. The van der Waals surface area contributed by atoms with Crippen LogP contribution in [0.1, 0.15) is 36.3 Å². The highest BCUT2D eigenvalue weighted by atomic mass is 35.5. The van der Waals surface area contributed by atoms with Gasteiger partial charge in [-0.2, -0.15) is 0 Å². The molecule has 0 aliphatic carbocycles. The van der Waals surface area contributed by atoms with E-state index in [0.29, 0.717) is 35.1 Å². The first kappa shape index (κ1) is 15.4. The zero-order chi connectivity index (χ0) is 15.2. The Kier molecular flexibility index (Phi) is 5.28. The molecule has 1 aromatic carbocycles. The Bertz CT molecular complexity index is 644. The number of rotatable bonds is 5. The zero-order valence-electron chi connectivity index (χ0n) is 12.1. The van der Waals surface area contributed by atoms with Gasteiger partial charge in [0.15, 0.2) is 5.82 Å². The molecule has 0 amide bonds. The number of halogens is 1. The highest BCUT2D eigenvalue weighted by molar-refractivity contribution is 6.30. The highest BCUT2D eigenvalue weighted by Gasteiger charge is 2.15. The van der Waals surface area contributed by atoms with Crippen LogP contribution in [0.5, 0.6) is 0 Å². The molecule has 1 aromatic heterocycles. The average molecular weight is 305 g/mol. The van der Waals surface area contributed by atoms with Crippen molar-refractivity contribution in [3.8, 4) is 11.4 Å². The molecule has 0 bridgehead atoms. The molecule has 2 aromatic rings. The number of ether oxygens (including phenoxy) is 1. The van der Waals surface area contributed by atoms with E-state index in [4.69, 9.17) is 16.3 Å². The standard InChI is InChI=1S/C16H17ClN2O2/c1-3-6-14-13(16(20)21-4-2)10-18-15(19-14)11-7-5-8-12(17)9-11/h5,7-10H,3-4,6H2,1-2H3. The van der Waals surface area contributed by atoms with Gasteiger partial charge in [0.2, 0.25) is 0 Å². The second-order valence-electron chi connectivity index (χ2n) is 4.53. The number of carbonyl (C=O) groups is 1. The van der Waals surface area contributed by atoms with Gasteiger partial charge in [0.25, 0.3) is 0 Å². The molecule has 110 valence electrons. The molecule has 2 rings (SSSR count). The van der Waals surface area contributed by atoms with Crippen LogP contribution in [-0.2, 0) is 11.2 Å². The summed E-state index contributed by atoms with van der Waals surface area (Å²) in [6, 6.07) is 7.34. The van der Waals surface area contributed by atoms with Crippen molar-refractivity contribution in [2.24, 2.45) is 0 Å². The molecule has 0 unspecified atom stereocenters. The predicted octanol–water partition coefficient (Wildman–Crippen LogP) is 3.93. The molecule has 0 saturated heterocycles. The van der Waals surface area contributed by atoms with Gasteiger partial charge >= 0.3 is 5.97 Å². The van der Waals surface area contributed by atoms with Gasteiger partial charge in [-0.15, -0.1) is 0 Å². The van der Waals surface area contributed by atoms with E-state index in [1.165, 1.54) is 6.20 Å². The topological polar surface area (TPSA) is 52.1 Å². The number of carbonyl (C=O) groups excluding carboxylic acids is 1. The molecule has 5 heteroatoms. The highest BCUT2D eigenvalue weighted by Crippen LogP contribution is 2.21. The van der Waals surface area contributed by atoms with Gasteiger partial charge in [0.05, 0.1) is 17.9 Å². The van der Waals surface area contributed by atoms with Gasteiger partial charge in [0, 0.05) is 16.8 Å². The van der Waals surface area contributed by atoms with E-state index < -0.39 is 0 Å². The smallest absolute Gasteiger partial charge is 0.341 e. The summed E-state index contributed by atoms with van der Waals surface area (Å²) in [5, 5.41) is 0.627. The zero-order valence-corrected chi connectivity index (χ0v) is 12.9. The molecule has 0 spiro atoms. The molecule has 0 fully saturated rings. The molecular weight excluding hydrogens is 288 g/mol. The van der Waals surface area contributed by atoms with E-state index in [1.807, 2.05) is 19.1 Å². The first-order valence-electron chi connectivity index (χ1n) is 6.94. The number of esters is 1. The summed E-state index contributed by atoms with van der Waals surface area (Å²) in [6.07, 6.45) is 3.12. The monoisotopic (exact) mass is 304 g/mol. The van der Waals surface area contributed by atoms with Crippen molar-refractivity contribution in [3.63, 3.8) is 0 Å². The number of aromatic nitrogens is 2. The molecule has 0 aliphatic rings. The van der Waals surface area contributed by atoms with Crippen molar-refractivity contribution in [1.29, 1.82) is 0 Å². The van der Waals surface area contributed by atoms with Gasteiger partial charge in [-0.25, -0.2) is 14.8 Å². The van der Waals surface area contributed by atoms with Crippen LogP contribution in [0.3, 0.4) is 0 Å². The van der Waals surface area contributed by atoms with E-state index >= 15 is 0 Å². The van der Waals surface area contributed by atoms with Crippen molar-refractivity contribution in [2.45, 2.75) is 26.7 Å². The van der Waals surface area contributed by atoms with Crippen molar-refractivity contribution in [1.82, 2.24) is 9.97 Å². The second-order valence-corrected chi connectivity index (χ2v) is 4.97. The maximum atomic E-state index is 11.9. The molecule has 4 nitrogen and oxygen atoms in total. The van der Waals surface area contributed by atoms with Crippen LogP contribution >= 0.6 is 11.6 Å². The van der Waals surface area contributed by atoms with Crippen molar-refractivity contribution < 1.29 is 9.53 Å². The molecular formula is C16H17ClN2O2. The number of nitrogens with zero attached hydrogens (tertiary/aromatic N) is 2. The molecule has 0 atom stereocenters. The van der Waals surface area contributed by atoms with Crippen LogP contribution < -0.4 is 0 Å². The molecule has 0 radical (unpaired) electrons. The summed E-state index contributed by atoms with van der Waals surface area (Å²) in [6.45, 7) is 4.15. The summed E-state index contributed by atoms with van der Waals surface area (Å²) in [4.78, 5) is 20.7. The Morgan fingerprint density at radius 1 is 1.33 bits per heavy atom. The second kappa shape index (κ2) is 7.18. The molecule has 0 aliphatic heterocycles. The SMILES string of the molecule is CCCc1nc(-c2cccc(Cl)c2)ncc1C(=O)OCC. The molecule has 21 heavy (non-hydrogen) atoms. The third-order valence-corrected chi connectivity index (χ3v) is 3.17. The fraction of sp³-hybridized carbons (Fsp3) is 0.312. The summed E-state index contributed by atoms with van der Waals surface area (Å²) in [5.74, 6) is 0.188. The van der Waals surface area contributed by atoms with E-state index in [2.05, 4.69) is 9.97 Å². The average Bonchev–Trinajstić information content (AvgIpc) is 2.48. The Labute approximate surface area is 129 Å². The van der Waals surface area contributed by atoms with Crippen LogP contribution in [-0.4, -0.2) is 22.5 Å². The summed E-state index contributed by atoms with van der Waals surface area (Å²) < 4.78 is 5.04. The summed E-state index contributed by atoms with van der Waals surface area (Å²) >= 11 is 5.99. The summed E-state index contributed by atoms with van der Waals surface area (Å²) in [7, 11) is 0.